The highest BCUT2D eigenvalue weighted by atomic mass is 16.5. The first-order valence-electron chi connectivity index (χ1n) is 4.85. The van der Waals surface area contributed by atoms with Crippen LogP contribution in [0.25, 0.3) is 0 Å². The van der Waals surface area contributed by atoms with Crippen LogP contribution in [0.4, 0.5) is 0 Å². The first-order valence-corrected chi connectivity index (χ1v) is 4.85. The summed E-state index contributed by atoms with van der Waals surface area (Å²) < 4.78 is 4.74. The van der Waals surface area contributed by atoms with E-state index in [2.05, 4.69) is 0 Å². The summed E-state index contributed by atoms with van der Waals surface area (Å²) in [5.41, 5.74) is 6.23. The number of allylic oxidation sites excluding steroid dienone is 3. The van der Waals surface area contributed by atoms with Crippen LogP contribution in [0.15, 0.2) is 23.9 Å². The molecule has 0 saturated heterocycles. The Hall–Kier alpha value is -1.25. The van der Waals surface area contributed by atoms with Crippen molar-refractivity contribution in [3.63, 3.8) is 0 Å². The molecule has 0 amide bonds. The SMILES string of the molecule is CC=CC(C)CC(N)=CC(=O)OCC. The van der Waals surface area contributed by atoms with Crippen molar-refractivity contribution in [2.24, 2.45) is 11.7 Å². The molecule has 0 bridgehead atoms. The van der Waals surface area contributed by atoms with E-state index in [1.165, 1.54) is 6.08 Å². The molecule has 0 rings (SSSR count). The molecule has 2 N–H and O–H groups in total. The summed E-state index contributed by atoms with van der Waals surface area (Å²) in [7, 11) is 0. The van der Waals surface area contributed by atoms with Gasteiger partial charge < -0.3 is 10.5 Å². The van der Waals surface area contributed by atoms with E-state index in [-0.39, 0.29) is 5.97 Å². The van der Waals surface area contributed by atoms with Crippen LogP contribution in [0.3, 0.4) is 0 Å². The number of carbonyl (C=O) groups excluding carboxylic acids is 1. The van der Waals surface area contributed by atoms with Gasteiger partial charge in [0.1, 0.15) is 0 Å². The van der Waals surface area contributed by atoms with Crippen molar-refractivity contribution in [1.82, 2.24) is 0 Å². The van der Waals surface area contributed by atoms with E-state index in [0.717, 1.165) is 0 Å². The standard InChI is InChI=1S/C11H19NO2/c1-4-6-9(3)7-10(12)8-11(13)14-5-2/h4,6,8-9H,5,7,12H2,1-3H3. The van der Waals surface area contributed by atoms with Gasteiger partial charge in [0, 0.05) is 11.8 Å². The summed E-state index contributed by atoms with van der Waals surface area (Å²) in [5, 5.41) is 0. The van der Waals surface area contributed by atoms with Crippen molar-refractivity contribution in [3.8, 4) is 0 Å². The van der Waals surface area contributed by atoms with E-state index in [0.29, 0.717) is 24.6 Å². The average molecular weight is 197 g/mol. The maximum Gasteiger partial charge on any atom is 0.332 e. The lowest BCUT2D eigenvalue weighted by Gasteiger charge is -2.05. The maximum absolute atomic E-state index is 11.0. The Morgan fingerprint density at radius 2 is 2.21 bits per heavy atom. The second-order valence-corrected chi connectivity index (χ2v) is 3.18. The van der Waals surface area contributed by atoms with E-state index in [1.54, 1.807) is 6.92 Å². The summed E-state index contributed by atoms with van der Waals surface area (Å²) in [4.78, 5) is 11.0. The largest absolute Gasteiger partial charge is 0.463 e. The highest BCUT2D eigenvalue weighted by Crippen LogP contribution is 2.08. The topological polar surface area (TPSA) is 52.3 Å². The van der Waals surface area contributed by atoms with Gasteiger partial charge in [-0.05, 0) is 26.2 Å². The van der Waals surface area contributed by atoms with Crippen LogP contribution in [0.2, 0.25) is 0 Å². The minimum absolute atomic E-state index is 0.352. The Bertz CT molecular complexity index is 231. The van der Waals surface area contributed by atoms with Crippen molar-refractivity contribution >= 4 is 5.97 Å². The molecule has 0 aliphatic heterocycles. The molecule has 3 heteroatoms. The molecule has 0 aromatic rings. The predicted octanol–water partition coefficient (Wildman–Crippen LogP) is 1.99. The van der Waals surface area contributed by atoms with E-state index in [4.69, 9.17) is 10.5 Å². The average Bonchev–Trinajstić information content (AvgIpc) is 2.03. The molecule has 0 aromatic heterocycles. The van der Waals surface area contributed by atoms with Crippen LogP contribution in [-0.4, -0.2) is 12.6 Å². The van der Waals surface area contributed by atoms with Gasteiger partial charge in [-0.3, -0.25) is 0 Å². The summed E-state index contributed by atoms with van der Waals surface area (Å²) in [6.45, 7) is 6.16. The second-order valence-electron chi connectivity index (χ2n) is 3.18. The number of hydrogen-bond acceptors (Lipinski definition) is 3. The van der Waals surface area contributed by atoms with Crippen molar-refractivity contribution in [3.05, 3.63) is 23.9 Å². The summed E-state index contributed by atoms with van der Waals surface area (Å²) in [6.07, 6.45) is 6.06. The minimum Gasteiger partial charge on any atom is -0.463 e. The molecule has 0 spiro atoms. The number of rotatable bonds is 5. The molecule has 14 heavy (non-hydrogen) atoms. The second kappa shape index (κ2) is 7.18. The van der Waals surface area contributed by atoms with Gasteiger partial charge in [0.15, 0.2) is 0 Å². The van der Waals surface area contributed by atoms with Crippen molar-refractivity contribution < 1.29 is 9.53 Å². The highest BCUT2D eigenvalue weighted by molar-refractivity contribution is 5.82. The minimum atomic E-state index is -0.363. The van der Waals surface area contributed by atoms with Crippen molar-refractivity contribution in [1.29, 1.82) is 0 Å². The number of carbonyl (C=O) groups is 1. The van der Waals surface area contributed by atoms with Gasteiger partial charge in [0.05, 0.1) is 6.61 Å². The van der Waals surface area contributed by atoms with Crippen LogP contribution >= 0.6 is 0 Å². The fourth-order valence-electron chi connectivity index (χ4n) is 1.16. The molecule has 0 saturated carbocycles. The lowest BCUT2D eigenvalue weighted by atomic mass is 10.1. The summed E-state index contributed by atoms with van der Waals surface area (Å²) >= 11 is 0. The Morgan fingerprint density at radius 1 is 1.57 bits per heavy atom. The Kier molecular flexibility index (Phi) is 6.54. The van der Waals surface area contributed by atoms with Gasteiger partial charge in [-0.25, -0.2) is 4.79 Å². The van der Waals surface area contributed by atoms with Gasteiger partial charge in [0.2, 0.25) is 0 Å². The third-order valence-corrected chi connectivity index (χ3v) is 1.67. The normalized spacial score (nSPS) is 14.4. The zero-order chi connectivity index (χ0) is 11.0. The van der Waals surface area contributed by atoms with Crippen molar-refractivity contribution in [2.45, 2.75) is 27.2 Å². The highest BCUT2D eigenvalue weighted by Gasteiger charge is 2.02. The summed E-state index contributed by atoms with van der Waals surface area (Å²) in [6, 6.07) is 0. The molecule has 0 aromatic carbocycles. The van der Waals surface area contributed by atoms with Gasteiger partial charge in [-0.1, -0.05) is 19.1 Å². The first-order chi connectivity index (χ1) is 6.60. The van der Waals surface area contributed by atoms with Crippen LogP contribution in [0.5, 0.6) is 0 Å². The van der Waals surface area contributed by atoms with Crippen LogP contribution < -0.4 is 5.73 Å². The smallest absolute Gasteiger partial charge is 0.332 e. The van der Waals surface area contributed by atoms with E-state index < -0.39 is 0 Å². The van der Waals surface area contributed by atoms with Crippen LogP contribution in [0, 0.1) is 5.92 Å². The molecule has 0 radical (unpaired) electrons. The third-order valence-electron chi connectivity index (χ3n) is 1.67. The monoisotopic (exact) mass is 197 g/mol. The Balaban J connectivity index is 4.05. The molecule has 0 fully saturated rings. The molecule has 0 heterocycles. The number of esters is 1. The fraction of sp³-hybridized carbons (Fsp3) is 0.545. The van der Waals surface area contributed by atoms with Gasteiger partial charge in [0.25, 0.3) is 0 Å². The summed E-state index contributed by atoms with van der Waals surface area (Å²) in [5.74, 6) is -0.0108. The molecule has 0 aliphatic rings. The molecule has 1 unspecified atom stereocenters. The molecular formula is C11H19NO2. The molecule has 1 atom stereocenters. The number of hydrogen-bond donors (Lipinski definition) is 1. The zero-order valence-electron chi connectivity index (χ0n) is 9.12. The van der Waals surface area contributed by atoms with Crippen LogP contribution in [0.1, 0.15) is 27.2 Å². The van der Waals surface area contributed by atoms with E-state index in [1.807, 2.05) is 26.0 Å². The van der Waals surface area contributed by atoms with Gasteiger partial charge in [-0.15, -0.1) is 0 Å². The Morgan fingerprint density at radius 3 is 2.71 bits per heavy atom. The lowest BCUT2D eigenvalue weighted by molar-refractivity contribution is -0.137. The van der Waals surface area contributed by atoms with E-state index >= 15 is 0 Å². The van der Waals surface area contributed by atoms with E-state index in [9.17, 15) is 4.79 Å². The maximum atomic E-state index is 11.0. The first kappa shape index (κ1) is 12.8. The quantitative estimate of drug-likeness (QED) is 0.416. The lowest BCUT2D eigenvalue weighted by Crippen LogP contribution is -2.08. The molecule has 80 valence electrons. The number of nitrogens with two attached hydrogens (primary N) is 1. The molecular weight excluding hydrogens is 178 g/mol. The Labute approximate surface area is 85.6 Å². The number of ether oxygens (including phenoxy) is 1. The zero-order valence-corrected chi connectivity index (χ0v) is 9.12. The van der Waals surface area contributed by atoms with Gasteiger partial charge in [-0.2, -0.15) is 0 Å². The fourth-order valence-corrected chi connectivity index (χ4v) is 1.16. The molecule has 3 nitrogen and oxygen atoms in total. The molecule has 0 aliphatic carbocycles. The third kappa shape index (κ3) is 6.29. The predicted molar refractivity (Wildman–Crippen MR) is 57.5 cm³/mol. The van der Waals surface area contributed by atoms with Crippen molar-refractivity contribution in [2.75, 3.05) is 6.61 Å². The van der Waals surface area contributed by atoms with Gasteiger partial charge >= 0.3 is 5.97 Å². The van der Waals surface area contributed by atoms with Crippen LogP contribution in [-0.2, 0) is 9.53 Å².